The fourth-order valence-corrected chi connectivity index (χ4v) is 1.73. The molecule has 2 rings (SSSR count). The highest BCUT2D eigenvalue weighted by Gasteiger charge is 2.11. The van der Waals surface area contributed by atoms with Crippen LogP contribution in [0.4, 0.5) is 16.0 Å². The topological polar surface area (TPSA) is 66.9 Å². The zero-order valence-electron chi connectivity index (χ0n) is 12.0. The summed E-state index contributed by atoms with van der Waals surface area (Å²) < 4.78 is 12.8. The van der Waals surface area contributed by atoms with E-state index < -0.39 is 0 Å². The van der Waals surface area contributed by atoms with E-state index >= 15 is 0 Å². The summed E-state index contributed by atoms with van der Waals surface area (Å²) in [6.45, 7) is 4.57. The van der Waals surface area contributed by atoms with Crippen molar-refractivity contribution in [1.29, 1.82) is 0 Å². The minimum Gasteiger partial charge on any atom is -0.354 e. The quantitative estimate of drug-likeness (QED) is 0.887. The molecule has 2 aromatic rings. The fourth-order valence-electron chi connectivity index (χ4n) is 1.73. The second kappa shape index (κ2) is 6.78. The third kappa shape index (κ3) is 4.24. The molecule has 0 fully saturated rings. The van der Waals surface area contributed by atoms with Gasteiger partial charge in [-0.15, -0.1) is 0 Å². The van der Waals surface area contributed by atoms with Crippen LogP contribution in [0.1, 0.15) is 29.5 Å². The number of anilines is 2. The van der Waals surface area contributed by atoms with Gasteiger partial charge >= 0.3 is 0 Å². The number of carbonyl (C=O) groups is 1. The molecule has 0 saturated carbocycles. The third-order valence-electron chi connectivity index (χ3n) is 2.72. The van der Waals surface area contributed by atoms with Crippen molar-refractivity contribution in [2.75, 3.05) is 17.2 Å². The number of nitrogens with zero attached hydrogens (tertiary/aromatic N) is 2. The lowest BCUT2D eigenvalue weighted by Crippen LogP contribution is -2.16. The van der Waals surface area contributed by atoms with Gasteiger partial charge in [-0.05, 0) is 43.7 Å². The minimum atomic E-state index is -0.355. The number of rotatable bonds is 5. The van der Waals surface area contributed by atoms with Crippen LogP contribution in [0.25, 0.3) is 0 Å². The van der Waals surface area contributed by atoms with Gasteiger partial charge in [-0.2, -0.15) is 0 Å². The standard InChI is InChI=1S/C15H17FN4O/c1-3-8-17-15-18-10(2)9-13(20-15)14(21)19-12-6-4-11(16)5-7-12/h4-7,9H,3,8H2,1-2H3,(H,19,21)(H,17,18,20). The Labute approximate surface area is 122 Å². The van der Waals surface area contributed by atoms with E-state index in [9.17, 15) is 9.18 Å². The van der Waals surface area contributed by atoms with Crippen LogP contribution in [-0.4, -0.2) is 22.4 Å². The van der Waals surface area contributed by atoms with Crippen LogP contribution in [-0.2, 0) is 0 Å². The average molecular weight is 288 g/mol. The SMILES string of the molecule is CCCNc1nc(C)cc(C(=O)Nc2ccc(F)cc2)n1. The summed E-state index contributed by atoms with van der Waals surface area (Å²) in [5.41, 5.74) is 1.49. The first-order chi connectivity index (χ1) is 10.1. The van der Waals surface area contributed by atoms with Gasteiger partial charge in [-0.1, -0.05) is 6.92 Å². The van der Waals surface area contributed by atoms with E-state index in [0.717, 1.165) is 13.0 Å². The predicted octanol–water partition coefficient (Wildman–Crippen LogP) is 3.00. The van der Waals surface area contributed by atoms with E-state index in [1.54, 1.807) is 13.0 Å². The molecule has 21 heavy (non-hydrogen) atoms. The summed E-state index contributed by atoms with van der Waals surface area (Å²) in [6.07, 6.45) is 0.939. The minimum absolute atomic E-state index is 0.269. The molecule has 0 unspecified atom stereocenters. The summed E-state index contributed by atoms with van der Waals surface area (Å²) in [5.74, 6) is -0.273. The molecule has 0 aliphatic carbocycles. The van der Waals surface area contributed by atoms with Gasteiger partial charge in [0.15, 0.2) is 0 Å². The highest BCUT2D eigenvalue weighted by molar-refractivity contribution is 6.03. The summed E-state index contributed by atoms with van der Waals surface area (Å²) in [7, 11) is 0. The highest BCUT2D eigenvalue weighted by Crippen LogP contribution is 2.11. The zero-order valence-corrected chi connectivity index (χ0v) is 12.0. The second-order valence-corrected chi connectivity index (χ2v) is 4.61. The Balaban J connectivity index is 2.14. The van der Waals surface area contributed by atoms with Crippen molar-refractivity contribution < 1.29 is 9.18 Å². The molecule has 0 spiro atoms. The molecule has 1 heterocycles. The zero-order chi connectivity index (χ0) is 15.2. The smallest absolute Gasteiger partial charge is 0.274 e. The van der Waals surface area contributed by atoms with Crippen molar-refractivity contribution in [2.45, 2.75) is 20.3 Å². The summed E-state index contributed by atoms with van der Waals surface area (Å²) >= 11 is 0. The van der Waals surface area contributed by atoms with E-state index in [2.05, 4.69) is 20.6 Å². The Bertz CT molecular complexity index is 628. The molecule has 6 heteroatoms. The van der Waals surface area contributed by atoms with E-state index in [0.29, 0.717) is 17.3 Å². The number of halogens is 1. The molecule has 0 aliphatic heterocycles. The van der Waals surface area contributed by atoms with Crippen molar-refractivity contribution in [2.24, 2.45) is 0 Å². The molecule has 1 aromatic carbocycles. The van der Waals surface area contributed by atoms with E-state index in [1.807, 2.05) is 6.92 Å². The van der Waals surface area contributed by atoms with Crippen molar-refractivity contribution in [3.8, 4) is 0 Å². The van der Waals surface area contributed by atoms with Gasteiger partial charge in [0.1, 0.15) is 11.5 Å². The molecule has 1 amide bonds. The van der Waals surface area contributed by atoms with E-state index in [-0.39, 0.29) is 17.4 Å². The third-order valence-corrected chi connectivity index (χ3v) is 2.72. The molecule has 5 nitrogen and oxygen atoms in total. The number of aromatic nitrogens is 2. The first-order valence-corrected chi connectivity index (χ1v) is 6.75. The number of hydrogen-bond acceptors (Lipinski definition) is 4. The molecule has 0 aliphatic rings. The Kier molecular flexibility index (Phi) is 4.81. The number of benzene rings is 1. The van der Waals surface area contributed by atoms with Crippen LogP contribution >= 0.6 is 0 Å². The molecular weight excluding hydrogens is 271 g/mol. The molecule has 110 valence electrons. The number of hydrogen-bond donors (Lipinski definition) is 2. The molecule has 0 saturated heterocycles. The molecular formula is C15H17FN4O. The van der Waals surface area contributed by atoms with Crippen LogP contribution < -0.4 is 10.6 Å². The Morgan fingerprint density at radius 2 is 1.95 bits per heavy atom. The lowest BCUT2D eigenvalue weighted by atomic mass is 10.3. The molecule has 1 aromatic heterocycles. The van der Waals surface area contributed by atoms with Crippen molar-refractivity contribution >= 4 is 17.5 Å². The number of amides is 1. The first-order valence-electron chi connectivity index (χ1n) is 6.75. The lowest BCUT2D eigenvalue weighted by molar-refractivity contribution is 0.102. The van der Waals surface area contributed by atoms with Gasteiger partial charge in [0.25, 0.3) is 5.91 Å². The number of carbonyl (C=O) groups excluding carboxylic acids is 1. The fraction of sp³-hybridized carbons (Fsp3) is 0.267. The van der Waals surface area contributed by atoms with Crippen molar-refractivity contribution in [1.82, 2.24) is 9.97 Å². The van der Waals surface area contributed by atoms with Crippen LogP contribution in [0.2, 0.25) is 0 Å². The van der Waals surface area contributed by atoms with Gasteiger partial charge < -0.3 is 10.6 Å². The van der Waals surface area contributed by atoms with Crippen LogP contribution in [0.3, 0.4) is 0 Å². The van der Waals surface area contributed by atoms with Crippen LogP contribution in [0.5, 0.6) is 0 Å². The van der Waals surface area contributed by atoms with Gasteiger partial charge in [0, 0.05) is 17.9 Å². The summed E-state index contributed by atoms with van der Waals surface area (Å²) in [4.78, 5) is 20.6. The lowest BCUT2D eigenvalue weighted by Gasteiger charge is -2.08. The molecule has 0 radical (unpaired) electrons. The molecule has 0 bridgehead atoms. The Hall–Kier alpha value is -2.50. The molecule has 0 atom stereocenters. The monoisotopic (exact) mass is 288 g/mol. The Morgan fingerprint density at radius 1 is 1.24 bits per heavy atom. The van der Waals surface area contributed by atoms with Crippen LogP contribution in [0, 0.1) is 12.7 Å². The highest BCUT2D eigenvalue weighted by atomic mass is 19.1. The van der Waals surface area contributed by atoms with Crippen molar-refractivity contribution in [3.63, 3.8) is 0 Å². The summed E-state index contributed by atoms with van der Waals surface area (Å²) in [6, 6.07) is 7.18. The predicted molar refractivity (Wildman–Crippen MR) is 79.9 cm³/mol. The van der Waals surface area contributed by atoms with Crippen LogP contribution in [0.15, 0.2) is 30.3 Å². The Morgan fingerprint density at radius 3 is 2.62 bits per heavy atom. The van der Waals surface area contributed by atoms with Crippen molar-refractivity contribution in [3.05, 3.63) is 47.5 Å². The maximum Gasteiger partial charge on any atom is 0.274 e. The molecule has 2 N–H and O–H groups in total. The number of aryl methyl sites for hydroxylation is 1. The van der Waals surface area contributed by atoms with Gasteiger partial charge in [0.2, 0.25) is 5.95 Å². The van der Waals surface area contributed by atoms with Gasteiger partial charge in [0.05, 0.1) is 0 Å². The first kappa shape index (κ1) is 14.9. The summed E-state index contributed by atoms with van der Waals surface area (Å²) in [5, 5.41) is 5.72. The normalized spacial score (nSPS) is 10.2. The van der Waals surface area contributed by atoms with Gasteiger partial charge in [-0.25, -0.2) is 14.4 Å². The maximum absolute atomic E-state index is 12.8. The number of nitrogens with one attached hydrogen (secondary N) is 2. The van der Waals surface area contributed by atoms with E-state index in [4.69, 9.17) is 0 Å². The maximum atomic E-state index is 12.8. The van der Waals surface area contributed by atoms with E-state index in [1.165, 1.54) is 24.3 Å². The second-order valence-electron chi connectivity index (χ2n) is 4.61. The van der Waals surface area contributed by atoms with Gasteiger partial charge in [-0.3, -0.25) is 4.79 Å². The average Bonchev–Trinajstić information content (AvgIpc) is 2.47. The largest absolute Gasteiger partial charge is 0.354 e.